The SMILES string of the molecule is COC(=O)c1ccccc1C(=O)c1ccccc1.Cc1cc(C)c(C(=O)P(=O)(c2ccccc2)c2ccccc2)c(C)c1. The maximum atomic E-state index is 14.2. The summed E-state index contributed by atoms with van der Waals surface area (Å²) in [6, 6.07) is 37.6. The normalized spacial score (nSPS) is 10.7. The van der Waals surface area contributed by atoms with Crippen molar-refractivity contribution in [3.05, 3.63) is 166 Å². The number of carbonyl (C=O) groups excluding carboxylic acids is 3. The van der Waals surface area contributed by atoms with Gasteiger partial charge in [0.2, 0.25) is 12.7 Å². The molecule has 0 fully saturated rings. The maximum absolute atomic E-state index is 14.2. The van der Waals surface area contributed by atoms with Crippen LogP contribution in [0.15, 0.2) is 127 Å². The Bertz CT molecular complexity index is 1730. The average Bonchev–Trinajstić information content (AvgIpc) is 3.04. The number of hydrogen-bond acceptors (Lipinski definition) is 5. The molecule has 0 saturated carbocycles. The highest BCUT2D eigenvalue weighted by atomic mass is 31.2. The van der Waals surface area contributed by atoms with Gasteiger partial charge in [-0.15, -0.1) is 0 Å². The number of benzene rings is 5. The van der Waals surface area contributed by atoms with Gasteiger partial charge < -0.3 is 9.30 Å². The predicted molar refractivity (Wildman–Crippen MR) is 172 cm³/mol. The molecule has 0 aliphatic carbocycles. The number of methoxy groups -OCH3 is 1. The van der Waals surface area contributed by atoms with Crippen molar-refractivity contribution < 1.29 is 23.7 Å². The largest absolute Gasteiger partial charge is 0.465 e. The summed E-state index contributed by atoms with van der Waals surface area (Å²) in [6.45, 7) is 5.82. The van der Waals surface area contributed by atoms with Crippen molar-refractivity contribution in [3.8, 4) is 0 Å². The summed E-state index contributed by atoms with van der Waals surface area (Å²) in [6.07, 6.45) is 0. The topological polar surface area (TPSA) is 77.5 Å². The van der Waals surface area contributed by atoms with Gasteiger partial charge in [-0.3, -0.25) is 9.59 Å². The van der Waals surface area contributed by atoms with E-state index in [1.54, 1.807) is 72.8 Å². The Morgan fingerprint density at radius 1 is 0.581 bits per heavy atom. The van der Waals surface area contributed by atoms with Gasteiger partial charge in [-0.05, 0) is 38.0 Å². The molecule has 0 bridgehead atoms. The fourth-order valence-electron chi connectivity index (χ4n) is 5.05. The molecule has 0 heterocycles. The molecule has 0 spiro atoms. The summed E-state index contributed by atoms with van der Waals surface area (Å²) in [7, 11) is -2.15. The van der Waals surface area contributed by atoms with E-state index in [1.807, 2.05) is 75.4 Å². The van der Waals surface area contributed by atoms with Gasteiger partial charge in [-0.1, -0.05) is 127 Å². The summed E-state index contributed by atoms with van der Waals surface area (Å²) < 4.78 is 18.8. The molecule has 0 aliphatic rings. The van der Waals surface area contributed by atoms with E-state index in [0.29, 0.717) is 27.3 Å². The Labute approximate surface area is 252 Å². The molecule has 0 radical (unpaired) electrons. The first-order chi connectivity index (χ1) is 20.7. The van der Waals surface area contributed by atoms with Crippen molar-refractivity contribution in [2.24, 2.45) is 0 Å². The molecule has 0 saturated heterocycles. The molecule has 0 atom stereocenters. The first kappa shape index (κ1) is 31.1. The second-order valence-corrected chi connectivity index (χ2v) is 12.7. The van der Waals surface area contributed by atoms with Crippen LogP contribution >= 0.6 is 7.14 Å². The third-order valence-corrected chi connectivity index (χ3v) is 9.88. The average molecular weight is 589 g/mol. The van der Waals surface area contributed by atoms with E-state index in [2.05, 4.69) is 4.74 Å². The first-order valence-electron chi connectivity index (χ1n) is 13.8. The van der Waals surface area contributed by atoms with Crippen LogP contribution in [-0.2, 0) is 9.30 Å². The van der Waals surface area contributed by atoms with Gasteiger partial charge in [0, 0.05) is 27.3 Å². The number of aryl methyl sites for hydroxylation is 3. The van der Waals surface area contributed by atoms with Crippen LogP contribution in [0.25, 0.3) is 0 Å². The summed E-state index contributed by atoms with van der Waals surface area (Å²) in [5.74, 6) is -0.688. The zero-order valence-electron chi connectivity index (χ0n) is 24.6. The van der Waals surface area contributed by atoms with Gasteiger partial charge in [0.1, 0.15) is 0 Å². The molecule has 5 rings (SSSR count). The lowest BCUT2D eigenvalue weighted by Crippen LogP contribution is -2.23. The van der Waals surface area contributed by atoms with Crippen LogP contribution in [0.1, 0.15) is 53.3 Å². The molecule has 5 nitrogen and oxygen atoms in total. The fourth-order valence-corrected chi connectivity index (χ4v) is 7.67. The molecule has 0 amide bonds. The Morgan fingerprint density at radius 3 is 1.47 bits per heavy atom. The van der Waals surface area contributed by atoms with E-state index in [9.17, 15) is 18.9 Å². The molecular formula is C37H33O5P. The lowest BCUT2D eigenvalue weighted by atomic mass is 9.98. The number of esters is 1. The molecule has 0 aliphatic heterocycles. The van der Waals surface area contributed by atoms with Crippen molar-refractivity contribution in [1.29, 1.82) is 0 Å². The van der Waals surface area contributed by atoms with E-state index < -0.39 is 13.1 Å². The number of carbonyl (C=O) groups is 3. The maximum Gasteiger partial charge on any atom is 0.338 e. The van der Waals surface area contributed by atoms with Gasteiger partial charge >= 0.3 is 5.97 Å². The van der Waals surface area contributed by atoms with Gasteiger partial charge in [0.25, 0.3) is 0 Å². The summed E-state index contributed by atoms with van der Waals surface area (Å²) in [4.78, 5) is 37.4. The van der Waals surface area contributed by atoms with Crippen LogP contribution < -0.4 is 10.6 Å². The minimum atomic E-state index is -3.44. The van der Waals surface area contributed by atoms with Gasteiger partial charge in [0.15, 0.2) is 5.78 Å². The molecule has 5 aromatic carbocycles. The molecule has 0 N–H and O–H groups in total. The highest BCUT2D eigenvalue weighted by molar-refractivity contribution is 7.93. The zero-order chi connectivity index (χ0) is 31.0. The van der Waals surface area contributed by atoms with Crippen LogP contribution in [0.2, 0.25) is 0 Å². The Hall–Kier alpha value is -4.86. The zero-order valence-corrected chi connectivity index (χ0v) is 25.5. The fraction of sp³-hybridized carbons (Fsp3) is 0.108. The second-order valence-electron chi connectivity index (χ2n) is 10.1. The van der Waals surface area contributed by atoms with E-state index in [1.165, 1.54) is 7.11 Å². The van der Waals surface area contributed by atoms with E-state index in [-0.39, 0.29) is 16.9 Å². The van der Waals surface area contributed by atoms with Gasteiger partial charge in [-0.2, -0.15) is 0 Å². The highest BCUT2D eigenvalue weighted by Crippen LogP contribution is 2.47. The molecule has 5 aromatic rings. The smallest absolute Gasteiger partial charge is 0.338 e. The number of hydrogen-bond donors (Lipinski definition) is 0. The first-order valence-corrected chi connectivity index (χ1v) is 15.5. The molecule has 0 unspecified atom stereocenters. The standard InChI is InChI=1S/C22H21O2P.C15H12O3/c1-16-14-17(2)21(18(3)15-16)22(23)25(24,19-10-6-4-7-11-19)20-12-8-5-9-13-20;1-18-15(17)13-10-6-5-9-12(13)14(16)11-7-3-2-4-8-11/h4-15H,1-3H3;2-10H,1H3. The van der Waals surface area contributed by atoms with Crippen molar-refractivity contribution in [3.63, 3.8) is 0 Å². The second kappa shape index (κ2) is 13.9. The van der Waals surface area contributed by atoms with Crippen molar-refractivity contribution in [2.75, 3.05) is 7.11 Å². The van der Waals surface area contributed by atoms with Crippen LogP contribution in [-0.4, -0.2) is 24.4 Å². The molecule has 0 aromatic heterocycles. The minimum absolute atomic E-state index is 0.184. The number of rotatable bonds is 7. The highest BCUT2D eigenvalue weighted by Gasteiger charge is 2.37. The van der Waals surface area contributed by atoms with Crippen LogP contribution in [0, 0.1) is 20.8 Å². The quantitative estimate of drug-likeness (QED) is 0.112. The Kier molecular flexibility index (Phi) is 10.0. The monoisotopic (exact) mass is 588 g/mol. The molecule has 216 valence electrons. The van der Waals surface area contributed by atoms with E-state index >= 15 is 0 Å². The van der Waals surface area contributed by atoms with Gasteiger partial charge in [-0.25, -0.2) is 4.79 Å². The van der Waals surface area contributed by atoms with E-state index in [4.69, 9.17) is 0 Å². The number of ether oxygens (including phenoxy) is 1. The van der Waals surface area contributed by atoms with E-state index in [0.717, 1.165) is 16.7 Å². The molecule has 6 heteroatoms. The lowest BCUT2D eigenvalue weighted by molar-refractivity contribution is 0.0597. The number of ketones is 1. The van der Waals surface area contributed by atoms with Crippen LogP contribution in [0.4, 0.5) is 0 Å². The predicted octanol–water partition coefficient (Wildman–Crippen LogP) is 7.47. The minimum Gasteiger partial charge on any atom is -0.465 e. The molecular weight excluding hydrogens is 555 g/mol. The Balaban J connectivity index is 0.000000208. The van der Waals surface area contributed by atoms with Crippen molar-refractivity contribution >= 4 is 35.0 Å². The third-order valence-electron chi connectivity index (χ3n) is 7.03. The lowest BCUT2D eigenvalue weighted by Gasteiger charge is -2.20. The third kappa shape index (κ3) is 6.80. The summed E-state index contributed by atoms with van der Waals surface area (Å²) in [5.41, 5.74) is 4.31. The summed E-state index contributed by atoms with van der Waals surface area (Å²) >= 11 is 0. The van der Waals surface area contributed by atoms with Crippen LogP contribution in [0.3, 0.4) is 0 Å². The van der Waals surface area contributed by atoms with Crippen LogP contribution in [0.5, 0.6) is 0 Å². The molecule has 43 heavy (non-hydrogen) atoms. The van der Waals surface area contributed by atoms with Crippen molar-refractivity contribution in [1.82, 2.24) is 0 Å². The van der Waals surface area contributed by atoms with Crippen molar-refractivity contribution in [2.45, 2.75) is 20.8 Å². The van der Waals surface area contributed by atoms with Gasteiger partial charge in [0.05, 0.1) is 12.7 Å². The Morgan fingerprint density at radius 2 is 1.00 bits per heavy atom. The summed E-state index contributed by atoms with van der Waals surface area (Å²) in [5, 5.41) is 1.15.